The van der Waals surface area contributed by atoms with Gasteiger partial charge in [0.15, 0.2) is 12.6 Å². The summed E-state index contributed by atoms with van der Waals surface area (Å²) in [6.45, 7) is 2.50. The van der Waals surface area contributed by atoms with Crippen LogP contribution < -0.4 is 5.32 Å². The molecule has 0 aromatic heterocycles. The minimum Gasteiger partial charge on any atom is -0.394 e. The van der Waals surface area contributed by atoms with Crippen molar-refractivity contribution in [2.75, 3.05) is 19.8 Å². The molecule has 1 amide bonds. The van der Waals surface area contributed by atoms with Crippen molar-refractivity contribution in [1.82, 2.24) is 5.32 Å². The lowest BCUT2D eigenvalue weighted by atomic mass is 9.97. The van der Waals surface area contributed by atoms with Crippen LogP contribution in [0.25, 0.3) is 0 Å². The van der Waals surface area contributed by atoms with Gasteiger partial charge in [-0.25, -0.2) is 0 Å². The van der Waals surface area contributed by atoms with Gasteiger partial charge in [-0.15, -0.1) is 0 Å². The quantitative estimate of drug-likeness (QED) is 0.0224. The van der Waals surface area contributed by atoms with Crippen LogP contribution in [0.2, 0.25) is 0 Å². The van der Waals surface area contributed by atoms with E-state index in [1.54, 1.807) is 6.08 Å². The van der Waals surface area contributed by atoms with Crippen LogP contribution in [0.15, 0.2) is 122 Å². The maximum absolute atomic E-state index is 13.2. The SMILES string of the molecule is CC/C=C\C/C=C\C/C=C\C/C=C\C/C=C\C/C=C\C/C=C\CCCCCC(=O)NC(COC1OC(CO)C(OC2OC(CO)C(O)C(O)C2O)C(O)C1O)C(O)/C=C/CC/C=C/CC/C=C/CCC. The van der Waals surface area contributed by atoms with Crippen LogP contribution in [0.1, 0.15) is 129 Å². The van der Waals surface area contributed by atoms with E-state index in [1.807, 2.05) is 6.08 Å². The van der Waals surface area contributed by atoms with Gasteiger partial charge in [0.1, 0.15) is 48.8 Å². The van der Waals surface area contributed by atoms with Crippen molar-refractivity contribution in [3.8, 4) is 0 Å². The summed E-state index contributed by atoms with van der Waals surface area (Å²) < 4.78 is 22.6. The first kappa shape index (κ1) is 62.5. The van der Waals surface area contributed by atoms with Crippen molar-refractivity contribution in [2.45, 2.75) is 203 Å². The van der Waals surface area contributed by atoms with Gasteiger partial charge in [0.2, 0.25) is 5.91 Å². The van der Waals surface area contributed by atoms with E-state index in [9.17, 15) is 45.6 Å². The van der Waals surface area contributed by atoms with Gasteiger partial charge < -0.3 is 65.1 Å². The summed E-state index contributed by atoms with van der Waals surface area (Å²) in [5, 5.41) is 86.6. The smallest absolute Gasteiger partial charge is 0.220 e. The molecule has 0 radical (unpaired) electrons. The number of carbonyl (C=O) groups excluding carboxylic acids is 1. The van der Waals surface area contributed by atoms with E-state index in [1.165, 1.54) is 0 Å². The first-order valence-corrected chi connectivity index (χ1v) is 25.8. The second-order valence-electron chi connectivity index (χ2n) is 17.5. The molecule has 0 spiro atoms. The van der Waals surface area contributed by atoms with Crippen LogP contribution in [0, 0.1) is 0 Å². The zero-order chi connectivity index (χ0) is 51.0. The highest BCUT2D eigenvalue weighted by molar-refractivity contribution is 5.76. The molecule has 2 aliphatic rings. The zero-order valence-corrected chi connectivity index (χ0v) is 41.9. The molecular weight excluding hydrogens is 895 g/mol. The number of ether oxygens (including phenoxy) is 4. The Morgan fingerprint density at radius 2 is 1.00 bits per heavy atom. The first-order valence-electron chi connectivity index (χ1n) is 25.8. The summed E-state index contributed by atoms with van der Waals surface area (Å²) in [7, 11) is 0. The third-order valence-corrected chi connectivity index (χ3v) is 11.6. The number of allylic oxidation sites excluding steroid dienone is 19. The van der Waals surface area contributed by atoms with Crippen LogP contribution in [0.3, 0.4) is 0 Å². The number of carbonyl (C=O) groups is 1. The molecule has 396 valence electrons. The van der Waals surface area contributed by atoms with Crippen molar-refractivity contribution in [2.24, 2.45) is 0 Å². The van der Waals surface area contributed by atoms with Crippen LogP contribution in [-0.2, 0) is 23.7 Å². The van der Waals surface area contributed by atoms with Crippen LogP contribution in [0.4, 0.5) is 0 Å². The van der Waals surface area contributed by atoms with Crippen LogP contribution in [-0.4, -0.2) is 140 Å². The Hall–Kier alpha value is -3.61. The Morgan fingerprint density at radius 1 is 0.529 bits per heavy atom. The third kappa shape index (κ3) is 27.3. The molecule has 0 bridgehead atoms. The number of hydrogen-bond donors (Lipinski definition) is 9. The fourth-order valence-electron chi connectivity index (χ4n) is 7.42. The number of hydrogen-bond acceptors (Lipinski definition) is 13. The van der Waals surface area contributed by atoms with Crippen LogP contribution in [0.5, 0.6) is 0 Å². The molecule has 14 nitrogen and oxygen atoms in total. The van der Waals surface area contributed by atoms with Crippen molar-refractivity contribution >= 4 is 5.91 Å². The van der Waals surface area contributed by atoms with E-state index in [4.69, 9.17) is 18.9 Å². The van der Waals surface area contributed by atoms with E-state index in [0.29, 0.717) is 12.8 Å². The van der Waals surface area contributed by atoms with Gasteiger partial charge in [0.05, 0.1) is 32.0 Å². The van der Waals surface area contributed by atoms with Gasteiger partial charge in [-0.3, -0.25) is 4.79 Å². The summed E-state index contributed by atoms with van der Waals surface area (Å²) in [5.41, 5.74) is 0. The maximum atomic E-state index is 13.2. The standard InChI is InChI=1S/C56H89NO13/c1-3-5-7-9-11-13-15-16-17-18-19-20-21-22-23-24-25-26-27-28-30-32-34-36-38-40-48(61)57-44(45(60)39-37-35-33-31-29-14-12-10-8-6-4-2)43-67-55-53(66)51(64)54(47(42-59)69-55)70-56-52(65)50(63)49(62)46(41-58)68-56/h5,7-8,10-11,13,16-17,19-20,22-23,25-26,28-31,37,39,44-47,49-56,58-60,62-66H,3-4,6,9,12,14-15,18,21,24,27,32-36,38,40-43H2,1-2H3,(H,57,61)/b7-5-,10-8+,13-11-,17-16-,20-19-,23-22-,26-25-,30-28-,31-29+,39-37+. The fraction of sp³-hybridized carbons (Fsp3) is 0.625. The molecule has 0 saturated carbocycles. The minimum absolute atomic E-state index is 0.221. The lowest BCUT2D eigenvalue weighted by Gasteiger charge is -2.46. The normalized spacial score (nSPS) is 27.0. The maximum Gasteiger partial charge on any atom is 0.220 e. The lowest BCUT2D eigenvalue weighted by molar-refractivity contribution is -0.359. The van der Waals surface area contributed by atoms with Crippen molar-refractivity contribution in [1.29, 1.82) is 0 Å². The number of aliphatic hydroxyl groups excluding tert-OH is 8. The van der Waals surface area contributed by atoms with E-state index < -0.39 is 86.8 Å². The fourth-order valence-corrected chi connectivity index (χ4v) is 7.42. The molecular formula is C56H89NO13. The molecule has 9 N–H and O–H groups in total. The monoisotopic (exact) mass is 984 g/mol. The second kappa shape index (κ2) is 40.9. The topological polar surface area (TPSA) is 228 Å². The highest BCUT2D eigenvalue weighted by atomic mass is 16.7. The second-order valence-corrected chi connectivity index (χ2v) is 17.5. The molecule has 12 unspecified atom stereocenters. The summed E-state index contributed by atoms with van der Waals surface area (Å²) >= 11 is 0. The van der Waals surface area contributed by atoms with Gasteiger partial charge in [0.25, 0.3) is 0 Å². The van der Waals surface area contributed by atoms with Crippen molar-refractivity contribution < 1.29 is 64.6 Å². The molecule has 0 aliphatic carbocycles. The van der Waals surface area contributed by atoms with Gasteiger partial charge in [0, 0.05) is 6.42 Å². The number of aliphatic hydroxyl groups is 8. The molecule has 2 fully saturated rings. The Balaban J connectivity index is 1.82. The Bertz CT molecular complexity index is 1630. The molecule has 0 aromatic carbocycles. The summed E-state index contributed by atoms with van der Waals surface area (Å²) in [6, 6.07) is -0.963. The number of amides is 1. The van der Waals surface area contributed by atoms with Gasteiger partial charge >= 0.3 is 0 Å². The highest BCUT2D eigenvalue weighted by Crippen LogP contribution is 2.30. The molecule has 70 heavy (non-hydrogen) atoms. The average molecular weight is 984 g/mol. The molecule has 2 heterocycles. The molecule has 0 aromatic rings. The van der Waals surface area contributed by atoms with E-state index in [2.05, 4.69) is 129 Å². The number of unbranched alkanes of at least 4 members (excludes halogenated alkanes) is 6. The zero-order valence-electron chi connectivity index (χ0n) is 41.9. The van der Waals surface area contributed by atoms with E-state index in [0.717, 1.165) is 96.3 Å². The number of rotatable bonds is 37. The molecule has 2 rings (SSSR count). The van der Waals surface area contributed by atoms with Gasteiger partial charge in [-0.05, 0) is 96.3 Å². The van der Waals surface area contributed by atoms with Crippen molar-refractivity contribution in [3.63, 3.8) is 0 Å². The van der Waals surface area contributed by atoms with Crippen LogP contribution >= 0.6 is 0 Å². The Kier molecular flexibility index (Phi) is 36.5. The summed E-state index contributed by atoms with van der Waals surface area (Å²) in [5.74, 6) is -0.295. The molecule has 12 atom stereocenters. The molecule has 2 aliphatic heterocycles. The molecule has 2 saturated heterocycles. The number of nitrogens with one attached hydrogen (secondary N) is 1. The average Bonchev–Trinajstić information content (AvgIpc) is 3.36. The predicted octanol–water partition coefficient (Wildman–Crippen LogP) is 7.10. The predicted molar refractivity (Wildman–Crippen MR) is 276 cm³/mol. The summed E-state index contributed by atoms with van der Waals surface area (Å²) in [6.07, 6.45) is 41.1. The highest BCUT2D eigenvalue weighted by Gasteiger charge is 2.51. The first-order chi connectivity index (χ1) is 34.1. The van der Waals surface area contributed by atoms with E-state index in [-0.39, 0.29) is 18.9 Å². The third-order valence-electron chi connectivity index (χ3n) is 11.6. The van der Waals surface area contributed by atoms with Gasteiger partial charge in [-0.2, -0.15) is 0 Å². The summed E-state index contributed by atoms with van der Waals surface area (Å²) in [4.78, 5) is 13.2. The van der Waals surface area contributed by atoms with Gasteiger partial charge in [-0.1, -0.05) is 148 Å². The van der Waals surface area contributed by atoms with E-state index >= 15 is 0 Å². The lowest BCUT2D eigenvalue weighted by Crippen LogP contribution is -2.65. The Labute approximate surface area is 418 Å². The Morgan fingerprint density at radius 3 is 1.53 bits per heavy atom. The molecule has 14 heteroatoms. The minimum atomic E-state index is -1.80. The largest absolute Gasteiger partial charge is 0.394 e. The van der Waals surface area contributed by atoms with Crippen molar-refractivity contribution in [3.05, 3.63) is 122 Å².